The third-order valence-corrected chi connectivity index (χ3v) is 2.01. The quantitative estimate of drug-likeness (QED) is 0.684. The van der Waals surface area contributed by atoms with Crippen molar-refractivity contribution >= 4 is 5.91 Å². The maximum absolute atomic E-state index is 11.6. The van der Waals surface area contributed by atoms with Crippen LogP contribution in [0.3, 0.4) is 0 Å². The molecule has 3 nitrogen and oxygen atoms in total. The molecule has 0 heterocycles. The molecule has 0 saturated carbocycles. The molecule has 0 radical (unpaired) electrons. The highest BCUT2D eigenvalue weighted by Crippen LogP contribution is 2.12. The van der Waals surface area contributed by atoms with E-state index in [1.54, 1.807) is 11.9 Å². The van der Waals surface area contributed by atoms with Gasteiger partial charge in [0.05, 0.1) is 5.60 Å². The average Bonchev–Trinajstić information content (AvgIpc) is 1.95. The summed E-state index contributed by atoms with van der Waals surface area (Å²) in [5.74, 6) is 0.0208. The van der Waals surface area contributed by atoms with E-state index in [0.717, 1.165) is 0 Å². The van der Waals surface area contributed by atoms with Crippen LogP contribution < -0.4 is 0 Å². The fourth-order valence-corrected chi connectivity index (χ4v) is 0.749. The highest BCUT2D eigenvalue weighted by Gasteiger charge is 2.23. The first kappa shape index (κ1) is 13.4. The van der Waals surface area contributed by atoms with E-state index < -0.39 is 0 Å². The van der Waals surface area contributed by atoms with Crippen molar-refractivity contribution in [3.05, 3.63) is 0 Å². The highest BCUT2D eigenvalue weighted by molar-refractivity contribution is 5.77. The molecule has 0 aromatic carbocycles. The summed E-state index contributed by atoms with van der Waals surface area (Å²) in [6.45, 7) is 12.0. The van der Waals surface area contributed by atoms with Crippen LogP contribution in [-0.2, 0) is 9.53 Å². The lowest BCUT2D eigenvalue weighted by Crippen LogP contribution is -2.45. The Hall–Kier alpha value is -0.570. The first-order chi connectivity index (χ1) is 6.04. The van der Waals surface area contributed by atoms with Gasteiger partial charge in [-0.2, -0.15) is 0 Å². The largest absolute Gasteiger partial charge is 0.366 e. The van der Waals surface area contributed by atoms with Crippen LogP contribution in [0.25, 0.3) is 0 Å². The van der Waals surface area contributed by atoms with Crippen molar-refractivity contribution < 1.29 is 9.53 Å². The second kappa shape index (κ2) is 4.30. The average molecular weight is 201 g/mol. The summed E-state index contributed by atoms with van der Waals surface area (Å²) >= 11 is 0. The summed E-state index contributed by atoms with van der Waals surface area (Å²) in [4.78, 5) is 13.3. The Morgan fingerprint density at radius 1 is 1.14 bits per heavy atom. The summed E-state index contributed by atoms with van der Waals surface area (Å²) in [6, 6.07) is 0. The molecule has 0 saturated heterocycles. The van der Waals surface area contributed by atoms with Gasteiger partial charge in [0, 0.05) is 12.6 Å². The van der Waals surface area contributed by atoms with Gasteiger partial charge < -0.3 is 9.64 Å². The highest BCUT2D eigenvalue weighted by atomic mass is 16.5. The normalized spacial score (nSPS) is 12.8. The Balaban J connectivity index is 4.11. The molecular formula is C11H23NO2. The molecule has 0 unspecified atom stereocenters. The molecule has 0 fully saturated rings. The SMILES string of the molecule is CN(C(=O)COC(C)(C)C)C(C)(C)C. The molecule has 0 N–H and O–H groups in total. The molecule has 0 aliphatic heterocycles. The lowest BCUT2D eigenvalue weighted by molar-refractivity contribution is -0.143. The van der Waals surface area contributed by atoms with Crippen molar-refractivity contribution in [3.63, 3.8) is 0 Å². The minimum Gasteiger partial charge on any atom is -0.366 e. The molecule has 0 bridgehead atoms. The van der Waals surface area contributed by atoms with Gasteiger partial charge in [-0.25, -0.2) is 0 Å². The first-order valence-corrected chi connectivity index (χ1v) is 4.94. The van der Waals surface area contributed by atoms with Crippen LogP contribution in [-0.4, -0.2) is 35.6 Å². The van der Waals surface area contributed by atoms with Gasteiger partial charge in [-0.3, -0.25) is 4.79 Å². The van der Waals surface area contributed by atoms with E-state index >= 15 is 0 Å². The summed E-state index contributed by atoms with van der Waals surface area (Å²) in [7, 11) is 1.80. The van der Waals surface area contributed by atoms with Crippen LogP contribution in [0.2, 0.25) is 0 Å². The number of likely N-dealkylation sites (N-methyl/N-ethyl adjacent to an activating group) is 1. The van der Waals surface area contributed by atoms with Crippen LogP contribution in [0, 0.1) is 0 Å². The molecule has 0 atom stereocenters. The van der Waals surface area contributed by atoms with E-state index in [-0.39, 0.29) is 23.7 Å². The summed E-state index contributed by atoms with van der Waals surface area (Å²) < 4.78 is 5.42. The number of carbonyl (C=O) groups excluding carboxylic acids is 1. The zero-order valence-corrected chi connectivity index (χ0v) is 10.5. The third kappa shape index (κ3) is 5.22. The monoisotopic (exact) mass is 201 g/mol. The molecule has 0 spiro atoms. The van der Waals surface area contributed by atoms with E-state index in [4.69, 9.17) is 4.74 Å². The number of amides is 1. The Labute approximate surface area is 87.4 Å². The van der Waals surface area contributed by atoms with Crippen molar-refractivity contribution in [2.75, 3.05) is 13.7 Å². The lowest BCUT2D eigenvalue weighted by atomic mass is 10.1. The molecule has 0 aromatic rings. The van der Waals surface area contributed by atoms with Gasteiger partial charge >= 0.3 is 0 Å². The van der Waals surface area contributed by atoms with Crippen LogP contribution >= 0.6 is 0 Å². The van der Waals surface area contributed by atoms with E-state index in [2.05, 4.69) is 0 Å². The smallest absolute Gasteiger partial charge is 0.248 e. The first-order valence-electron chi connectivity index (χ1n) is 4.94. The van der Waals surface area contributed by atoms with Crippen molar-refractivity contribution in [1.82, 2.24) is 4.90 Å². The van der Waals surface area contributed by atoms with Crippen LogP contribution in [0.15, 0.2) is 0 Å². The van der Waals surface area contributed by atoms with Gasteiger partial charge in [0.15, 0.2) is 0 Å². The molecule has 0 aliphatic carbocycles. The third-order valence-electron chi connectivity index (χ3n) is 2.01. The van der Waals surface area contributed by atoms with Gasteiger partial charge in [-0.15, -0.1) is 0 Å². The Kier molecular flexibility index (Phi) is 4.13. The number of rotatable bonds is 2. The van der Waals surface area contributed by atoms with E-state index in [1.807, 2.05) is 41.5 Å². The van der Waals surface area contributed by atoms with Gasteiger partial charge in [0.1, 0.15) is 6.61 Å². The predicted octanol–water partition coefficient (Wildman–Crippen LogP) is 2.06. The van der Waals surface area contributed by atoms with Crippen molar-refractivity contribution in [1.29, 1.82) is 0 Å². The molecule has 1 amide bonds. The molecular weight excluding hydrogens is 178 g/mol. The Bertz CT molecular complexity index is 198. The predicted molar refractivity (Wildman–Crippen MR) is 58.2 cm³/mol. The summed E-state index contributed by atoms with van der Waals surface area (Å²) in [5, 5.41) is 0. The second-order valence-electron chi connectivity index (χ2n) is 5.52. The van der Waals surface area contributed by atoms with Gasteiger partial charge in [-0.1, -0.05) is 0 Å². The van der Waals surface area contributed by atoms with Crippen LogP contribution in [0.1, 0.15) is 41.5 Å². The number of nitrogens with zero attached hydrogens (tertiary/aromatic N) is 1. The molecule has 0 aromatic heterocycles. The fraction of sp³-hybridized carbons (Fsp3) is 0.909. The Morgan fingerprint density at radius 2 is 1.57 bits per heavy atom. The standard InChI is InChI=1S/C11H23NO2/c1-10(2,3)12(7)9(13)8-14-11(4,5)6/h8H2,1-7H3. The summed E-state index contributed by atoms with van der Waals surface area (Å²) in [6.07, 6.45) is 0. The number of hydrogen-bond acceptors (Lipinski definition) is 2. The van der Waals surface area contributed by atoms with Crippen molar-refractivity contribution in [3.8, 4) is 0 Å². The number of carbonyl (C=O) groups is 1. The molecule has 0 aliphatic rings. The number of hydrogen-bond donors (Lipinski definition) is 0. The van der Waals surface area contributed by atoms with E-state index in [0.29, 0.717) is 0 Å². The summed E-state index contributed by atoms with van der Waals surface area (Å²) in [5.41, 5.74) is -0.396. The minimum absolute atomic E-state index is 0.0208. The van der Waals surface area contributed by atoms with Gasteiger partial charge in [0.25, 0.3) is 0 Å². The minimum atomic E-state index is -0.256. The van der Waals surface area contributed by atoms with E-state index in [9.17, 15) is 4.79 Å². The zero-order chi connectivity index (χ0) is 11.6. The second-order valence-corrected chi connectivity index (χ2v) is 5.52. The fourth-order valence-electron chi connectivity index (χ4n) is 0.749. The maximum atomic E-state index is 11.6. The molecule has 3 heteroatoms. The maximum Gasteiger partial charge on any atom is 0.248 e. The van der Waals surface area contributed by atoms with Gasteiger partial charge in [0.2, 0.25) is 5.91 Å². The molecule has 14 heavy (non-hydrogen) atoms. The Morgan fingerprint density at radius 3 is 1.86 bits per heavy atom. The van der Waals surface area contributed by atoms with E-state index in [1.165, 1.54) is 0 Å². The molecule has 0 rings (SSSR count). The van der Waals surface area contributed by atoms with Crippen LogP contribution in [0.5, 0.6) is 0 Å². The number of ether oxygens (including phenoxy) is 1. The van der Waals surface area contributed by atoms with Gasteiger partial charge in [-0.05, 0) is 41.5 Å². The molecule has 84 valence electrons. The van der Waals surface area contributed by atoms with Crippen molar-refractivity contribution in [2.24, 2.45) is 0 Å². The zero-order valence-electron chi connectivity index (χ0n) is 10.5. The van der Waals surface area contributed by atoms with Crippen LogP contribution in [0.4, 0.5) is 0 Å². The van der Waals surface area contributed by atoms with Crippen molar-refractivity contribution in [2.45, 2.75) is 52.7 Å². The topological polar surface area (TPSA) is 29.5 Å². The lowest BCUT2D eigenvalue weighted by Gasteiger charge is -2.32.